The Labute approximate surface area is 151 Å². The highest BCUT2D eigenvalue weighted by molar-refractivity contribution is 5.76. The van der Waals surface area contributed by atoms with Gasteiger partial charge in [0, 0.05) is 26.2 Å². The molecule has 3 nitrogen and oxygen atoms in total. The lowest BCUT2D eigenvalue weighted by Crippen LogP contribution is -2.34. The molecular formula is C21H42N2O. The summed E-state index contributed by atoms with van der Waals surface area (Å²) >= 11 is 0. The van der Waals surface area contributed by atoms with Crippen LogP contribution in [0.4, 0.5) is 4.79 Å². The average molecular weight is 339 g/mol. The van der Waals surface area contributed by atoms with E-state index in [1.54, 1.807) is 0 Å². The van der Waals surface area contributed by atoms with E-state index in [4.69, 9.17) is 0 Å². The summed E-state index contributed by atoms with van der Waals surface area (Å²) in [7, 11) is 0. The molecule has 1 rings (SSSR count). The molecular weight excluding hydrogens is 296 g/mol. The Morgan fingerprint density at radius 1 is 0.792 bits per heavy atom. The molecule has 1 heterocycles. The predicted molar refractivity (Wildman–Crippen MR) is 104 cm³/mol. The van der Waals surface area contributed by atoms with Crippen molar-refractivity contribution in [1.29, 1.82) is 0 Å². The van der Waals surface area contributed by atoms with E-state index in [1.807, 2.05) is 0 Å². The molecule has 142 valence electrons. The summed E-state index contributed by atoms with van der Waals surface area (Å²) in [6.07, 6.45) is 4.70. The molecule has 1 aliphatic heterocycles. The van der Waals surface area contributed by atoms with Crippen LogP contribution in [0.25, 0.3) is 0 Å². The van der Waals surface area contributed by atoms with Gasteiger partial charge in [-0.15, -0.1) is 0 Å². The number of hydrogen-bond donors (Lipinski definition) is 0. The number of urea groups is 1. The molecule has 0 aromatic carbocycles. The third-order valence-electron chi connectivity index (χ3n) is 4.89. The molecule has 24 heavy (non-hydrogen) atoms. The van der Waals surface area contributed by atoms with E-state index in [9.17, 15) is 4.79 Å². The Hall–Kier alpha value is -0.730. The predicted octanol–water partition coefficient (Wildman–Crippen LogP) is 5.65. The lowest BCUT2D eigenvalue weighted by Gasteiger charge is -2.26. The Balaban J connectivity index is 2.32. The molecule has 0 aliphatic carbocycles. The minimum Gasteiger partial charge on any atom is -0.323 e. The van der Waals surface area contributed by atoms with Gasteiger partial charge in [-0.3, -0.25) is 0 Å². The maximum Gasteiger partial charge on any atom is 0.320 e. The number of rotatable bonds is 8. The monoisotopic (exact) mass is 338 g/mol. The van der Waals surface area contributed by atoms with Gasteiger partial charge in [0.25, 0.3) is 0 Å². The molecule has 0 radical (unpaired) electrons. The van der Waals surface area contributed by atoms with Gasteiger partial charge in [-0.1, -0.05) is 55.4 Å². The van der Waals surface area contributed by atoms with Gasteiger partial charge in [-0.25, -0.2) is 4.79 Å². The maximum absolute atomic E-state index is 12.6. The van der Waals surface area contributed by atoms with Crippen molar-refractivity contribution in [3.63, 3.8) is 0 Å². The Morgan fingerprint density at radius 3 is 1.42 bits per heavy atom. The standard InChI is InChI=1S/C21H42N2O/c1-17(15-20(3,4)5)9-11-22-13-14-23(19(22)24)12-10-18(2)16-21(6,7)8/h17-18H,9-16H2,1-8H3/t17-,18-/m1/s1. The van der Waals surface area contributed by atoms with Crippen LogP contribution in [0.3, 0.4) is 0 Å². The van der Waals surface area contributed by atoms with Gasteiger partial charge in [-0.05, 0) is 48.3 Å². The summed E-state index contributed by atoms with van der Waals surface area (Å²) in [5, 5.41) is 0. The second kappa shape index (κ2) is 8.58. The van der Waals surface area contributed by atoms with Crippen molar-refractivity contribution in [2.75, 3.05) is 26.2 Å². The van der Waals surface area contributed by atoms with E-state index in [-0.39, 0.29) is 6.03 Å². The fourth-order valence-electron chi connectivity index (χ4n) is 4.09. The summed E-state index contributed by atoms with van der Waals surface area (Å²) in [5.74, 6) is 1.36. The van der Waals surface area contributed by atoms with Crippen molar-refractivity contribution in [3.05, 3.63) is 0 Å². The van der Waals surface area contributed by atoms with Crippen molar-refractivity contribution in [1.82, 2.24) is 9.80 Å². The molecule has 0 unspecified atom stereocenters. The molecule has 2 amide bonds. The highest BCUT2D eigenvalue weighted by Crippen LogP contribution is 2.27. The molecule has 0 N–H and O–H groups in total. The lowest BCUT2D eigenvalue weighted by atomic mass is 9.84. The Bertz CT molecular complexity index is 356. The lowest BCUT2D eigenvalue weighted by molar-refractivity contribution is 0.183. The van der Waals surface area contributed by atoms with Crippen LogP contribution in [0, 0.1) is 22.7 Å². The van der Waals surface area contributed by atoms with Crippen molar-refractivity contribution >= 4 is 6.03 Å². The van der Waals surface area contributed by atoms with Gasteiger partial charge in [0.2, 0.25) is 0 Å². The van der Waals surface area contributed by atoms with E-state index in [2.05, 4.69) is 65.2 Å². The fourth-order valence-corrected chi connectivity index (χ4v) is 4.09. The van der Waals surface area contributed by atoms with Gasteiger partial charge >= 0.3 is 6.03 Å². The van der Waals surface area contributed by atoms with Crippen LogP contribution in [-0.4, -0.2) is 42.0 Å². The number of carbonyl (C=O) groups excluding carboxylic acids is 1. The van der Waals surface area contributed by atoms with Gasteiger partial charge in [0.15, 0.2) is 0 Å². The molecule has 0 bridgehead atoms. The van der Waals surface area contributed by atoms with Crippen molar-refractivity contribution in [3.8, 4) is 0 Å². The van der Waals surface area contributed by atoms with Crippen molar-refractivity contribution < 1.29 is 4.79 Å². The zero-order valence-corrected chi connectivity index (χ0v) is 17.6. The van der Waals surface area contributed by atoms with Crippen LogP contribution in [0.1, 0.15) is 81.1 Å². The molecule has 0 aromatic heterocycles. The molecule has 0 aromatic rings. The number of hydrogen-bond acceptors (Lipinski definition) is 1. The Kier molecular flexibility index (Phi) is 7.62. The van der Waals surface area contributed by atoms with E-state index >= 15 is 0 Å². The largest absolute Gasteiger partial charge is 0.323 e. The zero-order valence-electron chi connectivity index (χ0n) is 17.6. The van der Waals surface area contributed by atoms with Crippen LogP contribution < -0.4 is 0 Å². The summed E-state index contributed by atoms with van der Waals surface area (Å²) in [4.78, 5) is 16.7. The van der Waals surface area contributed by atoms with Crippen LogP contribution in [0.15, 0.2) is 0 Å². The van der Waals surface area contributed by atoms with Gasteiger partial charge < -0.3 is 9.80 Å². The molecule has 1 fully saturated rings. The third kappa shape index (κ3) is 8.39. The minimum atomic E-state index is 0.265. The summed E-state index contributed by atoms with van der Waals surface area (Å²) in [6, 6.07) is 0.265. The minimum absolute atomic E-state index is 0.265. The highest BCUT2D eigenvalue weighted by Gasteiger charge is 2.29. The van der Waals surface area contributed by atoms with Gasteiger partial charge in [0.05, 0.1) is 0 Å². The van der Waals surface area contributed by atoms with Crippen molar-refractivity contribution in [2.24, 2.45) is 22.7 Å². The molecule has 1 aliphatic rings. The van der Waals surface area contributed by atoms with E-state index in [0.717, 1.165) is 39.0 Å². The summed E-state index contributed by atoms with van der Waals surface area (Å²) in [5.41, 5.74) is 0.757. The number of amides is 2. The summed E-state index contributed by atoms with van der Waals surface area (Å²) < 4.78 is 0. The summed E-state index contributed by atoms with van der Waals surface area (Å²) in [6.45, 7) is 22.1. The SMILES string of the molecule is C[C@H](CCN1CCN(CC[C@@H](C)CC(C)(C)C)C1=O)CC(C)(C)C. The van der Waals surface area contributed by atoms with E-state index < -0.39 is 0 Å². The first kappa shape index (κ1) is 21.3. The third-order valence-corrected chi connectivity index (χ3v) is 4.89. The molecule has 0 spiro atoms. The van der Waals surface area contributed by atoms with Crippen molar-refractivity contribution in [2.45, 2.75) is 81.1 Å². The Morgan fingerprint density at radius 2 is 1.12 bits per heavy atom. The van der Waals surface area contributed by atoms with Crippen LogP contribution in [0.2, 0.25) is 0 Å². The molecule has 1 saturated heterocycles. The van der Waals surface area contributed by atoms with Gasteiger partial charge in [0.1, 0.15) is 0 Å². The quantitative estimate of drug-likeness (QED) is 0.561. The number of nitrogens with zero attached hydrogens (tertiary/aromatic N) is 2. The van der Waals surface area contributed by atoms with E-state index in [0.29, 0.717) is 22.7 Å². The first-order chi connectivity index (χ1) is 10.9. The smallest absolute Gasteiger partial charge is 0.320 e. The second-order valence-electron chi connectivity index (χ2n) is 10.6. The average Bonchev–Trinajstić information content (AvgIpc) is 2.71. The van der Waals surface area contributed by atoms with Crippen LogP contribution >= 0.6 is 0 Å². The van der Waals surface area contributed by atoms with Crippen LogP contribution in [0.5, 0.6) is 0 Å². The zero-order chi connectivity index (χ0) is 18.5. The topological polar surface area (TPSA) is 23.6 Å². The molecule has 0 saturated carbocycles. The highest BCUT2D eigenvalue weighted by atomic mass is 16.2. The maximum atomic E-state index is 12.6. The first-order valence-electron chi connectivity index (χ1n) is 9.91. The molecule has 2 atom stereocenters. The van der Waals surface area contributed by atoms with Crippen LogP contribution in [-0.2, 0) is 0 Å². The van der Waals surface area contributed by atoms with E-state index in [1.165, 1.54) is 12.8 Å². The number of carbonyl (C=O) groups is 1. The first-order valence-corrected chi connectivity index (χ1v) is 9.91. The second-order valence-corrected chi connectivity index (χ2v) is 10.6. The van der Waals surface area contributed by atoms with Gasteiger partial charge in [-0.2, -0.15) is 0 Å². The normalized spacial score (nSPS) is 19.1. The fraction of sp³-hybridized carbons (Fsp3) is 0.952. The molecule has 3 heteroatoms.